The van der Waals surface area contributed by atoms with E-state index >= 15 is 0 Å². The smallest absolute Gasteiger partial charge is 0.161 e. The second-order valence-corrected chi connectivity index (χ2v) is 7.00. The molecule has 0 amide bonds. The van der Waals surface area contributed by atoms with Gasteiger partial charge in [-0.05, 0) is 35.7 Å². The summed E-state index contributed by atoms with van der Waals surface area (Å²) in [4.78, 5) is 4.80. The Hall–Kier alpha value is -3.27. The molecule has 148 valence electrons. The lowest BCUT2D eigenvalue weighted by Gasteiger charge is -2.21. The first kappa shape index (κ1) is 19.1. The van der Waals surface area contributed by atoms with Crippen LogP contribution in [0, 0.1) is 0 Å². The van der Waals surface area contributed by atoms with E-state index in [1.165, 1.54) is 5.56 Å². The van der Waals surface area contributed by atoms with Crippen molar-refractivity contribution in [3.63, 3.8) is 0 Å². The Bertz CT molecular complexity index is 1010. The zero-order chi connectivity index (χ0) is 20.1. The summed E-state index contributed by atoms with van der Waals surface area (Å²) in [7, 11) is 3.38. The standard InChI is InChI=1S/C25H25NO3/c1-27-23-11-7-6-10-20(23)14-22-21-16-24(28-2)25(15-19(21)12-13-26-22)29-17-18-8-4-3-5-9-18/h3-11,15-16H,12-14,17H2,1-2H3. The highest BCUT2D eigenvalue weighted by atomic mass is 16.5. The summed E-state index contributed by atoms with van der Waals surface area (Å²) in [5.74, 6) is 2.39. The summed E-state index contributed by atoms with van der Waals surface area (Å²) in [5, 5.41) is 0. The molecule has 0 unspecified atom stereocenters. The van der Waals surface area contributed by atoms with Gasteiger partial charge in [-0.2, -0.15) is 0 Å². The number of rotatable bonds is 7. The van der Waals surface area contributed by atoms with Gasteiger partial charge in [0, 0.05) is 29.8 Å². The maximum atomic E-state index is 6.09. The van der Waals surface area contributed by atoms with E-state index in [2.05, 4.69) is 30.3 Å². The lowest BCUT2D eigenvalue weighted by atomic mass is 9.93. The number of methoxy groups -OCH3 is 2. The maximum absolute atomic E-state index is 6.09. The molecule has 0 radical (unpaired) electrons. The fourth-order valence-corrected chi connectivity index (χ4v) is 3.66. The van der Waals surface area contributed by atoms with Gasteiger partial charge in [0.2, 0.25) is 0 Å². The number of aliphatic imine (C=N–C) groups is 1. The first-order chi connectivity index (χ1) is 14.3. The van der Waals surface area contributed by atoms with Gasteiger partial charge < -0.3 is 14.2 Å². The van der Waals surface area contributed by atoms with Crippen LogP contribution in [0.1, 0.15) is 22.3 Å². The minimum atomic E-state index is 0.512. The van der Waals surface area contributed by atoms with Crippen LogP contribution in [0.25, 0.3) is 0 Å². The van der Waals surface area contributed by atoms with Crippen molar-refractivity contribution in [3.8, 4) is 17.2 Å². The van der Waals surface area contributed by atoms with Gasteiger partial charge in [-0.15, -0.1) is 0 Å². The molecule has 3 aromatic rings. The molecule has 1 aliphatic rings. The molecule has 4 heteroatoms. The van der Waals surface area contributed by atoms with E-state index in [0.717, 1.165) is 59.0 Å². The van der Waals surface area contributed by atoms with E-state index in [-0.39, 0.29) is 0 Å². The van der Waals surface area contributed by atoms with Gasteiger partial charge in [0.05, 0.1) is 14.2 Å². The first-order valence-electron chi connectivity index (χ1n) is 9.81. The van der Waals surface area contributed by atoms with Crippen LogP contribution < -0.4 is 14.2 Å². The summed E-state index contributed by atoms with van der Waals surface area (Å²) >= 11 is 0. The van der Waals surface area contributed by atoms with Gasteiger partial charge >= 0.3 is 0 Å². The number of benzene rings is 3. The molecular formula is C25H25NO3. The van der Waals surface area contributed by atoms with E-state index in [1.54, 1.807) is 14.2 Å². The Kier molecular flexibility index (Phi) is 5.80. The molecule has 0 bridgehead atoms. The maximum Gasteiger partial charge on any atom is 0.161 e. The number of para-hydroxylation sites is 1. The van der Waals surface area contributed by atoms with Gasteiger partial charge in [0.15, 0.2) is 11.5 Å². The molecule has 1 aliphatic heterocycles. The second-order valence-electron chi connectivity index (χ2n) is 7.00. The Labute approximate surface area is 171 Å². The topological polar surface area (TPSA) is 40.0 Å². The van der Waals surface area contributed by atoms with Crippen LogP contribution in [0.5, 0.6) is 17.2 Å². The SMILES string of the molecule is COc1ccccc1CC1=NCCc2cc(OCc3ccccc3)c(OC)cc21. The number of hydrogen-bond acceptors (Lipinski definition) is 4. The van der Waals surface area contributed by atoms with E-state index in [1.807, 2.05) is 36.4 Å². The number of hydrogen-bond donors (Lipinski definition) is 0. The van der Waals surface area contributed by atoms with E-state index in [9.17, 15) is 0 Å². The summed E-state index contributed by atoms with van der Waals surface area (Å²) in [6, 6.07) is 22.4. The number of nitrogens with zero attached hydrogens (tertiary/aromatic N) is 1. The molecule has 3 aromatic carbocycles. The summed E-state index contributed by atoms with van der Waals surface area (Å²) < 4.78 is 17.2. The fourth-order valence-electron chi connectivity index (χ4n) is 3.66. The molecular weight excluding hydrogens is 362 g/mol. The van der Waals surface area contributed by atoms with Crippen molar-refractivity contribution in [1.82, 2.24) is 0 Å². The normalized spacial score (nSPS) is 12.7. The fraction of sp³-hybridized carbons (Fsp3) is 0.240. The minimum Gasteiger partial charge on any atom is -0.496 e. The molecule has 0 spiro atoms. The third kappa shape index (κ3) is 4.27. The minimum absolute atomic E-state index is 0.512. The molecule has 0 saturated carbocycles. The molecule has 0 aliphatic carbocycles. The third-order valence-corrected chi connectivity index (χ3v) is 5.17. The lowest BCUT2D eigenvalue weighted by Crippen LogP contribution is -2.16. The van der Waals surface area contributed by atoms with Gasteiger partial charge in [-0.1, -0.05) is 48.5 Å². The molecule has 0 saturated heterocycles. The predicted molar refractivity (Wildman–Crippen MR) is 116 cm³/mol. The highest BCUT2D eigenvalue weighted by Gasteiger charge is 2.20. The van der Waals surface area contributed by atoms with Crippen LogP contribution in [0.4, 0.5) is 0 Å². The van der Waals surface area contributed by atoms with Gasteiger partial charge in [-0.25, -0.2) is 0 Å². The number of ether oxygens (including phenoxy) is 3. The highest BCUT2D eigenvalue weighted by molar-refractivity contribution is 6.04. The molecule has 0 aromatic heterocycles. The Morgan fingerprint density at radius 1 is 0.828 bits per heavy atom. The summed E-state index contributed by atoms with van der Waals surface area (Å²) in [5.41, 5.74) is 5.69. The quantitative estimate of drug-likeness (QED) is 0.581. The summed E-state index contributed by atoms with van der Waals surface area (Å²) in [6.07, 6.45) is 1.63. The van der Waals surface area contributed by atoms with E-state index in [4.69, 9.17) is 19.2 Å². The van der Waals surface area contributed by atoms with Gasteiger partial charge in [0.1, 0.15) is 12.4 Å². The van der Waals surface area contributed by atoms with Crippen molar-refractivity contribution < 1.29 is 14.2 Å². The van der Waals surface area contributed by atoms with Crippen molar-refractivity contribution in [1.29, 1.82) is 0 Å². The second kappa shape index (κ2) is 8.82. The summed E-state index contributed by atoms with van der Waals surface area (Å²) in [6.45, 7) is 1.29. The van der Waals surface area contributed by atoms with Crippen LogP contribution in [0.15, 0.2) is 71.7 Å². The average Bonchev–Trinajstić information content (AvgIpc) is 2.78. The Morgan fingerprint density at radius 2 is 1.59 bits per heavy atom. The van der Waals surface area contributed by atoms with Crippen LogP contribution in [-0.2, 0) is 19.4 Å². The third-order valence-electron chi connectivity index (χ3n) is 5.17. The highest BCUT2D eigenvalue weighted by Crippen LogP contribution is 2.34. The van der Waals surface area contributed by atoms with Crippen molar-refractivity contribution in [2.75, 3.05) is 20.8 Å². The average molecular weight is 387 g/mol. The Balaban J connectivity index is 1.60. The van der Waals surface area contributed by atoms with Crippen molar-refractivity contribution in [2.45, 2.75) is 19.4 Å². The Morgan fingerprint density at radius 3 is 2.38 bits per heavy atom. The van der Waals surface area contributed by atoms with Crippen LogP contribution in [-0.4, -0.2) is 26.5 Å². The van der Waals surface area contributed by atoms with Crippen molar-refractivity contribution in [2.24, 2.45) is 4.99 Å². The van der Waals surface area contributed by atoms with Crippen LogP contribution >= 0.6 is 0 Å². The molecule has 0 atom stereocenters. The first-order valence-corrected chi connectivity index (χ1v) is 9.81. The van der Waals surface area contributed by atoms with E-state index < -0.39 is 0 Å². The largest absolute Gasteiger partial charge is 0.496 e. The lowest BCUT2D eigenvalue weighted by molar-refractivity contribution is 0.284. The van der Waals surface area contributed by atoms with E-state index in [0.29, 0.717) is 6.61 Å². The van der Waals surface area contributed by atoms with Crippen LogP contribution in [0.2, 0.25) is 0 Å². The molecule has 29 heavy (non-hydrogen) atoms. The predicted octanol–water partition coefficient (Wildman–Crippen LogP) is 4.87. The molecule has 0 N–H and O–H groups in total. The van der Waals surface area contributed by atoms with Crippen LogP contribution in [0.3, 0.4) is 0 Å². The molecule has 4 nitrogen and oxygen atoms in total. The van der Waals surface area contributed by atoms with Crippen molar-refractivity contribution in [3.05, 3.63) is 89.0 Å². The van der Waals surface area contributed by atoms with Crippen molar-refractivity contribution >= 4 is 5.71 Å². The molecule has 0 fully saturated rings. The zero-order valence-corrected chi connectivity index (χ0v) is 16.9. The van der Waals surface area contributed by atoms with Gasteiger partial charge in [-0.3, -0.25) is 4.99 Å². The molecule has 1 heterocycles. The number of fused-ring (bicyclic) bond motifs is 1. The molecule has 4 rings (SSSR count). The monoisotopic (exact) mass is 387 g/mol. The van der Waals surface area contributed by atoms with Gasteiger partial charge in [0.25, 0.3) is 0 Å². The zero-order valence-electron chi connectivity index (χ0n) is 16.9.